The van der Waals surface area contributed by atoms with Gasteiger partial charge in [-0.15, -0.1) is 0 Å². The average molecular weight is 859 g/mol. The lowest BCUT2D eigenvalue weighted by molar-refractivity contribution is 0.668. The number of anilines is 6. The fraction of sp³-hybridized carbons (Fsp3) is 0.0476. The first-order chi connectivity index (χ1) is 33.1. The molecule has 10 aromatic carbocycles. The molecule has 14 rings (SSSR count). The van der Waals surface area contributed by atoms with Crippen LogP contribution in [-0.4, -0.2) is 0 Å². The molecule has 4 nitrogen and oxygen atoms in total. The van der Waals surface area contributed by atoms with Gasteiger partial charge in [-0.05, 0) is 131 Å². The topological polar surface area (TPSA) is 32.8 Å². The van der Waals surface area contributed by atoms with E-state index in [0.717, 1.165) is 89.1 Å². The van der Waals surface area contributed by atoms with Crippen LogP contribution in [0.2, 0.25) is 0 Å². The summed E-state index contributed by atoms with van der Waals surface area (Å²) < 4.78 is 14.7. The molecular formula is C63H42N2O2. The third kappa shape index (κ3) is 5.24. The summed E-state index contributed by atoms with van der Waals surface area (Å²) in [5, 5.41) is 4.27. The third-order valence-electron chi connectivity index (χ3n) is 14.3. The minimum absolute atomic E-state index is 0.759. The van der Waals surface area contributed by atoms with Crippen LogP contribution in [0.4, 0.5) is 34.1 Å². The van der Waals surface area contributed by atoms with Crippen molar-refractivity contribution in [2.75, 3.05) is 9.80 Å². The van der Waals surface area contributed by atoms with E-state index in [9.17, 15) is 0 Å². The van der Waals surface area contributed by atoms with E-state index in [1.54, 1.807) is 0 Å². The van der Waals surface area contributed by atoms with Crippen molar-refractivity contribution < 1.29 is 8.83 Å². The molecule has 2 aliphatic carbocycles. The summed E-state index contributed by atoms with van der Waals surface area (Å²) in [5.41, 5.74) is 20.9. The molecule has 0 aliphatic heterocycles. The number of hydrogen-bond donors (Lipinski definition) is 0. The molecule has 0 fully saturated rings. The highest BCUT2D eigenvalue weighted by Crippen LogP contribution is 2.68. The maximum atomic E-state index is 7.42. The molecule has 0 amide bonds. The van der Waals surface area contributed by atoms with Crippen LogP contribution in [-0.2, 0) is 5.41 Å². The van der Waals surface area contributed by atoms with Gasteiger partial charge in [-0.3, -0.25) is 0 Å². The van der Waals surface area contributed by atoms with Gasteiger partial charge in [-0.25, -0.2) is 0 Å². The lowest BCUT2D eigenvalue weighted by Crippen LogP contribution is -2.26. The number of hydrogen-bond acceptors (Lipinski definition) is 4. The van der Waals surface area contributed by atoms with Crippen molar-refractivity contribution in [2.24, 2.45) is 0 Å². The molecule has 0 saturated heterocycles. The van der Waals surface area contributed by atoms with Crippen molar-refractivity contribution in [3.63, 3.8) is 0 Å². The van der Waals surface area contributed by atoms with E-state index >= 15 is 0 Å². The number of rotatable bonds is 6. The summed E-state index contributed by atoms with van der Waals surface area (Å²) in [4.78, 5) is 4.82. The third-order valence-corrected chi connectivity index (χ3v) is 14.3. The zero-order valence-corrected chi connectivity index (χ0v) is 37.0. The molecule has 0 unspecified atom stereocenters. The average Bonchev–Trinajstić information content (AvgIpc) is 4.11. The first-order valence-corrected chi connectivity index (χ1v) is 23.1. The van der Waals surface area contributed by atoms with Gasteiger partial charge in [0.25, 0.3) is 0 Å². The van der Waals surface area contributed by atoms with Gasteiger partial charge in [0.1, 0.15) is 16.7 Å². The number of fused-ring (bicyclic) bond motifs is 18. The van der Waals surface area contributed by atoms with E-state index in [0.29, 0.717) is 0 Å². The smallest absolute Gasteiger partial charge is 0.160 e. The number of furan rings is 2. The van der Waals surface area contributed by atoms with E-state index in [4.69, 9.17) is 8.83 Å². The Kier molecular flexibility index (Phi) is 8.00. The summed E-state index contributed by atoms with van der Waals surface area (Å²) in [7, 11) is 0. The quantitative estimate of drug-likeness (QED) is 0.167. The molecule has 0 bridgehead atoms. The van der Waals surface area contributed by atoms with E-state index in [2.05, 4.69) is 242 Å². The molecule has 0 radical (unpaired) electrons. The molecule has 12 aromatic rings. The lowest BCUT2D eigenvalue weighted by Gasteiger charge is -2.33. The van der Waals surface area contributed by atoms with Crippen molar-refractivity contribution in [3.8, 4) is 22.3 Å². The Labute approximate surface area is 388 Å². The van der Waals surface area contributed by atoms with Gasteiger partial charge >= 0.3 is 0 Å². The second kappa shape index (κ2) is 14.2. The van der Waals surface area contributed by atoms with Gasteiger partial charge in [-0.1, -0.05) is 146 Å². The van der Waals surface area contributed by atoms with Crippen molar-refractivity contribution in [1.29, 1.82) is 0 Å². The predicted molar refractivity (Wildman–Crippen MR) is 276 cm³/mol. The Hall–Kier alpha value is -8.60. The highest BCUT2D eigenvalue weighted by Gasteiger charge is 2.54. The molecule has 2 heterocycles. The Morgan fingerprint density at radius 3 is 1.37 bits per heavy atom. The van der Waals surface area contributed by atoms with Crippen LogP contribution in [0, 0.1) is 13.8 Å². The van der Waals surface area contributed by atoms with Crippen LogP contribution in [0.3, 0.4) is 0 Å². The summed E-state index contributed by atoms with van der Waals surface area (Å²) in [6.45, 7) is 4.33. The number of benzene rings is 10. The van der Waals surface area contributed by atoms with Gasteiger partial charge in [0, 0.05) is 50.0 Å². The number of nitrogens with zero attached hydrogens (tertiary/aromatic N) is 2. The molecule has 0 N–H and O–H groups in total. The van der Waals surface area contributed by atoms with Crippen LogP contribution in [0.15, 0.2) is 227 Å². The van der Waals surface area contributed by atoms with Gasteiger partial charge in [0.2, 0.25) is 0 Å². The standard InChI is InChI=1S/C63H42N2O2/c1-39-19-17-25-43(35-39)64(41-21-5-3-6-22-41)53-37-52-60(62-57(53)47-29-11-15-33-55(47)67-62)59-51(63(52)49-31-13-9-27-45(49)46-28-10-14-32-50(46)63)38-54(61-58(59)48-30-12-16-34-56(48)66-61)65(42-23-7-4-8-24-42)44-26-18-20-40(2)36-44/h3-38H,1-2H3. The van der Waals surface area contributed by atoms with Crippen LogP contribution >= 0.6 is 0 Å². The second-order valence-corrected chi connectivity index (χ2v) is 18.1. The molecule has 4 heteroatoms. The fourth-order valence-electron chi connectivity index (χ4n) is 11.7. The van der Waals surface area contributed by atoms with Crippen LogP contribution in [0.5, 0.6) is 0 Å². The molecular weight excluding hydrogens is 817 g/mol. The maximum absolute atomic E-state index is 7.42. The predicted octanol–water partition coefficient (Wildman–Crippen LogP) is 17.4. The zero-order chi connectivity index (χ0) is 44.4. The molecule has 0 atom stereocenters. The monoisotopic (exact) mass is 858 g/mol. The van der Waals surface area contributed by atoms with Gasteiger partial charge < -0.3 is 18.6 Å². The van der Waals surface area contributed by atoms with E-state index in [1.807, 2.05) is 0 Å². The summed E-state index contributed by atoms with van der Waals surface area (Å²) in [6.07, 6.45) is 0. The Morgan fingerprint density at radius 2 is 0.791 bits per heavy atom. The Morgan fingerprint density at radius 1 is 0.343 bits per heavy atom. The number of aryl methyl sites for hydroxylation is 2. The highest BCUT2D eigenvalue weighted by molar-refractivity contribution is 6.26. The normalized spacial score (nSPS) is 13.0. The van der Waals surface area contributed by atoms with Gasteiger partial charge in [-0.2, -0.15) is 0 Å². The summed E-state index contributed by atoms with van der Waals surface area (Å²) in [5.74, 6) is 0. The van der Waals surface area contributed by atoms with E-state index in [1.165, 1.54) is 44.5 Å². The van der Waals surface area contributed by atoms with E-state index in [-0.39, 0.29) is 0 Å². The minimum atomic E-state index is -0.759. The molecule has 0 saturated carbocycles. The van der Waals surface area contributed by atoms with Crippen molar-refractivity contribution >= 4 is 78.0 Å². The number of para-hydroxylation sites is 4. The SMILES string of the molecule is Cc1cccc(N(c2ccccc2)c2cc3c(c4c2oc2ccccc24)-c2c(cc(N(c4ccccc4)c4cccc(C)c4)c4c2oc2ccccc24)C32c3ccccc3-c3ccccc32)c1. The first-order valence-electron chi connectivity index (χ1n) is 23.1. The van der Waals surface area contributed by atoms with Gasteiger partial charge in [0.15, 0.2) is 5.58 Å². The lowest BCUT2D eigenvalue weighted by atomic mass is 9.70. The summed E-state index contributed by atoms with van der Waals surface area (Å²) in [6, 6.07) is 79.3. The molecule has 2 aliphatic rings. The van der Waals surface area contributed by atoms with Crippen molar-refractivity contribution in [2.45, 2.75) is 19.3 Å². The minimum Gasteiger partial charge on any atom is -0.455 e. The molecule has 1 spiro atoms. The van der Waals surface area contributed by atoms with E-state index < -0.39 is 5.41 Å². The van der Waals surface area contributed by atoms with Crippen molar-refractivity contribution in [3.05, 3.63) is 252 Å². The Bertz CT molecular complexity index is 3930. The molecule has 316 valence electrons. The van der Waals surface area contributed by atoms with Crippen LogP contribution < -0.4 is 9.80 Å². The van der Waals surface area contributed by atoms with Gasteiger partial charge in [0.05, 0.1) is 22.2 Å². The first kappa shape index (κ1) is 37.7. The molecule has 67 heavy (non-hydrogen) atoms. The Balaban J connectivity index is 1.23. The van der Waals surface area contributed by atoms with Crippen LogP contribution in [0.25, 0.3) is 66.1 Å². The van der Waals surface area contributed by atoms with Crippen molar-refractivity contribution in [1.82, 2.24) is 0 Å². The maximum Gasteiger partial charge on any atom is 0.160 e. The largest absolute Gasteiger partial charge is 0.455 e. The highest BCUT2D eigenvalue weighted by atomic mass is 16.3. The fourth-order valence-corrected chi connectivity index (χ4v) is 11.7. The van der Waals surface area contributed by atoms with Crippen LogP contribution in [0.1, 0.15) is 33.4 Å². The second-order valence-electron chi connectivity index (χ2n) is 18.1. The zero-order valence-electron chi connectivity index (χ0n) is 37.0. The summed E-state index contributed by atoms with van der Waals surface area (Å²) >= 11 is 0. The molecule has 2 aromatic heterocycles.